The molecule has 8 aromatic carbocycles. The van der Waals surface area contributed by atoms with Crippen LogP contribution in [0.4, 0.5) is 0 Å². The van der Waals surface area contributed by atoms with Crippen LogP contribution in [0.1, 0.15) is 50.7 Å². The van der Waals surface area contributed by atoms with Gasteiger partial charge in [0.1, 0.15) is 0 Å². The highest BCUT2D eigenvalue weighted by Crippen LogP contribution is 2.39. The zero-order chi connectivity index (χ0) is 37.6. The van der Waals surface area contributed by atoms with E-state index in [1.165, 1.54) is 125 Å². The molecule has 0 spiro atoms. The van der Waals surface area contributed by atoms with Gasteiger partial charge >= 0.3 is 0 Å². The van der Waals surface area contributed by atoms with Crippen molar-refractivity contribution < 1.29 is 0 Å². The second-order valence-electron chi connectivity index (χ2n) is 15.5. The van der Waals surface area contributed by atoms with Gasteiger partial charge in [0.25, 0.3) is 0 Å². The molecule has 0 atom stereocenters. The Hall–Kier alpha value is -6.38. The van der Waals surface area contributed by atoms with Gasteiger partial charge in [-0.3, -0.25) is 0 Å². The van der Waals surface area contributed by atoms with Crippen molar-refractivity contribution in [2.75, 3.05) is 0 Å². The molecule has 0 unspecified atom stereocenters. The van der Waals surface area contributed by atoms with E-state index in [2.05, 4.69) is 193 Å². The molecular weight excluding hydrogens is 677 g/mol. The average Bonchev–Trinajstić information content (AvgIpc) is 3.76. The van der Waals surface area contributed by atoms with Crippen LogP contribution in [0.3, 0.4) is 0 Å². The van der Waals surface area contributed by atoms with Gasteiger partial charge in [0, 0.05) is 32.9 Å². The van der Waals surface area contributed by atoms with Crippen molar-refractivity contribution in [3.05, 3.63) is 181 Å². The first-order valence-corrected chi connectivity index (χ1v) is 20.5. The molecule has 0 aliphatic carbocycles. The van der Waals surface area contributed by atoms with E-state index in [0.717, 1.165) is 12.8 Å². The van der Waals surface area contributed by atoms with E-state index in [0.29, 0.717) is 0 Å². The molecule has 0 bridgehead atoms. The topological polar surface area (TPSA) is 9.86 Å². The van der Waals surface area contributed by atoms with Crippen LogP contribution in [0.25, 0.3) is 88.0 Å². The van der Waals surface area contributed by atoms with Crippen molar-refractivity contribution in [1.29, 1.82) is 0 Å². The average molecular weight is 723 g/mol. The summed E-state index contributed by atoms with van der Waals surface area (Å²) in [4.78, 5) is 0. The van der Waals surface area contributed by atoms with E-state index in [4.69, 9.17) is 0 Å². The maximum Gasteiger partial charge on any atom is 0.0547 e. The number of para-hydroxylation sites is 1. The van der Waals surface area contributed by atoms with Crippen molar-refractivity contribution >= 4 is 54.4 Å². The summed E-state index contributed by atoms with van der Waals surface area (Å²) < 4.78 is 4.89. The first-order chi connectivity index (χ1) is 27.7. The first kappa shape index (κ1) is 34.1. The molecule has 2 nitrogen and oxygen atoms in total. The molecule has 2 heteroatoms. The van der Waals surface area contributed by atoms with Gasteiger partial charge in [0.05, 0.1) is 22.1 Å². The van der Waals surface area contributed by atoms with E-state index in [-0.39, 0.29) is 0 Å². The van der Waals surface area contributed by atoms with Gasteiger partial charge < -0.3 is 9.13 Å². The fraction of sp³-hybridized carbons (Fsp3) is 0.148. The number of hydrogen-bond donors (Lipinski definition) is 0. The van der Waals surface area contributed by atoms with Gasteiger partial charge in [-0.2, -0.15) is 0 Å². The molecular formula is C54H46N2. The normalized spacial score (nSPS) is 11.8. The summed E-state index contributed by atoms with van der Waals surface area (Å²) in [6.07, 6.45) is 7.09. The lowest BCUT2D eigenvalue weighted by Gasteiger charge is -2.11. The van der Waals surface area contributed by atoms with Crippen LogP contribution in [0.5, 0.6) is 0 Å². The number of hydrogen-bond acceptors (Lipinski definition) is 0. The minimum absolute atomic E-state index is 1.11. The standard InChI is InChI=1S/C54H46N2/c1-3-5-12-37-20-26-45(27-21-37)55-51-19-10-9-18-47(51)50-35-43(25-31-53(50)55)40-16-11-17-41(33-40)44-24-29-48-49-32-38(13-6-4-2)22-30-52(49)56(54(48)36-44)46-28-23-39-14-7-8-15-42(39)34-46/h7-11,14-36H,3-6,12-13H2,1-2H3. The third-order valence-electron chi connectivity index (χ3n) is 11.9. The summed E-state index contributed by atoms with van der Waals surface area (Å²) in [5.41, 5.74) is 15.1. The van der Waals surface area contributed by atoms with Gasteiger partial charge in [-0.25, -0.2) is 0 Å². The molecule has 2 heterocycles. The van der Waals surface area contributed by atoms with Gasteiger partial charge in [0.2, 0.25) is 0 Å². The second-order valence-corrected chi connectivity index (χ2v) is 15.5. The maximum atomic E-state index is 2.47. The summed E-state index contributed by atoms with van der Waals surface area (Å²) in [6.45, 7) is 4.53. The molecule has 0 N–H and O–H groups in total. The number of aromatic nitrogens is 2. The van der Waals surface area contributed by atoms with E-state index in [9.17, 15) is 0 Å². The third-order valence-corrected chi connectivity index (χ3v) is 11.9. The third kappa shape index (κ3) is 5.97. The SMILES string of the molecule is CCCCc1ccc(-n2c3ccccc3c3cc(-c4cccc(-c5ccc6c7cc(CCCC)ccc7n(-c7ccc8ccccc8c7)c6c5)c4)ccc32)cc1. The molecule has 2 aromatic heterocycles. The van der Waals surface area contributed by atoms with Crippen molar-refractivity contribution in [3.8, 4) is 33.6 Å². The van der Waals surface area contributed by atoms with Gasteiger partial charge in [0.15, 0.2) is 0 Å². The van der Waals surface area contributed by atoms with Gasteiger partial charge in [-0.1, -0.05) is 130 Å². The van der Waals surface area contributed by atoms with Gasteiger partial charge in [-0.05, 0) is 137 Å². The van der Waals surface area contributed by atoms with Gasteiger partial charge in [-0.15, -0.1) is 0 Å². The van der Waals surface area contributed by atoms with Crippen LogP contribution < -0.4 is 0 Å². The highest BCUT2D eigenvalue weighted by atomic mass is 15.0. The Morgan fingerprint density at radius 3 is 1.71 bits per heavy atom. The highest BCUT2D eigenvalue weighted by Gasteiger charge is 2.17. The smallest absolute Gasteiger partial charge is 0.0547 e. The van der Waals surface area contributed by atoms with Crippen LogP contribution in [-0.4, -0.2) is 9.13 Å². The van der Waals surface area contributed by atoms with Crippen LogP contribution in [-0.2, 0) is 12.8 Å². The number of rotatable bonds is 10. The fourth-order valence-corrected chi connectivity index (χ4v) is 8.88. The monoisotopic (exact) mass is 722 g/mol. The summed E-state index contributed by atoms with van der Waals surface area (Å²) in [6, 6.07) is 63.8. The van der Waals surface area contributed by atoms with E-state index >= 15 is 0 Å². The van der Waals surface area contributed by atoms with Crippen LogP contribution in [0.2, 0.25) is 0 Å². The van der Waals surface area contributed by atoms with Crippen LogP contribution in [0, 0.1) is 0 Å². The summed E-state index contributed by atoms with van der Waals surface area (Å²) in [5.74, 6) is 0. The molecule has 10 aromatic rings. The minimum Gasteiger partial charge on any atom is -0.309 e. The number of nitrogens with zero attached hydrogens (tertiary/aromatic N) is 2. The van der Waals surface area contributed by atoms with E-state index in [1.807, 2.05) is 0 Å². The zero-order valence-corrected chi connectivity index (χ0v) is 32.3. The summed E-state index contributed by atoms with van der Waals surface area (Å²) >= 11 is 0. The maximum absolute atomic E-state index is 2.47. The van der Waals surface area contributed by atoms with Crippen molar-refractivity contribution in [2.24, 2.45) is 0 Å². The fourth-order valence-electron chi connectivity index (χ4n) is 8.88. The number of benzene rings is 8. The lowest BCUT2D eigenvalue weighted by molar-refractivity contribution is 0.795. The molecule has 0 fully saturated rings. The molecule has 0 amide bonds. The first-order valence-electron chi connectivity index (χ1n) is 20.5. The molecule has 10 rings (SSSR count). The quantitative estimate of drug-likeness (QED) is 0.133. The Kier molecular flexibility index (Phi) is 8.75. The van der Waals surface area contributed by atoms with Crippen molar-refractivity contribution in [2.45, 2.75) is 52.4 Å². The number of unbranched alkanes of at least 4 members (excludes halogenated alkanes) is 2. The highest BCUT2D eigenvalue weighted by molar-refractivity contribution is 6.12. The lowest BCUT2D eigenvalue weighted by Crippen LogP contribution is -1.95. The minimum atomic E-state index is 1.11. The molecule has 0 saturated carbocycles. The Morgan fingerprint density at radius 2 is 0.911 bits per heavy atom. The predicted molar refractivity (Wildman–Crippen MR) is 241 cm³/mol. The van der Waals surface area contributed by atoms with Crippen molar-refractivity contribution in [3.63, 3.8) is 0 Å². The van der Waals surface area contributed by atoms with E-state index in [1.54, 1.807) is 0 Å². The molecule has 0 radical (unpaired) electrons. The number of fused-ring (bicyclic) bond motifs is 7. The molecule has 0 aliphatic heterocycles. The summed E-state index contributed by atoms with van der Waals surface area (Å²) in [7, 11) is 0. The lowest BCUT2D eigenvalue weighted by atomic mass is 9.97. The van der Waals surface area contributed by atoms with Crippen molar-refractivity contribution in [1.82, 2.24) is 9.13 Å². The molecule has 56 heavy (non-hydrogen) atoms. The largest absolute Gasteiger partial charge is 0.309 e. The Labute approximate surface area is 329 Å². The molecule has 0 saturated heterocycles. The molecule has 272 valence electrons. The predicted octanol–water partition coefficient (Wildman–Crippen LogP) is 15.1. The second kappa shape index (κ2) is 14.4. The zero-order valence-electron chi connectivity index (χ0n) is 32.3. The number of aryl methyl sites for hydroxylation is 2. The van der Waals surface area contributed by atoms with Crippen LogP contribution >= 0.6 is 0 Å². The Bertz CT molecular complexity index is 3050. The Morgan fingerprint density at radius 1 is 0.339 bits per heavy atom. The Balaban J connectivity index is 1.08. The van der Waals surface area contributed by atoms with E-state index < -0.39 is 0 Å². The summed E-state index contributed by atoms with van der Waals surface area (Å²) in [5, 5.41) is 7.68. The van der Waals surface area contributed by atoms with Crippen LogP contribution in [0.15, 0.2) is 170 Å². The molecule has 0 aliphatic rings.